The molecule has 3 aromatic rings. The molecule has 1 aliphatic heterocycles. The van der Waals surface area contributed by atoms with Crippen LogP contribution >= 0.6 is 0 Å². The van der Waals surface area contributed by atoms with E-state index in [9.17, 15) is 4.79 Å². The summed E-state index contributed by atoms with van der Waals surface area (Å²) in [4.78, 5) is 20.0. The second kappa shape index (κ2) is 4.84. The van der Waals surface area contributed by atoms with Crippen LogP contribution in [0.1, 0.15) is 12.0 Å². The number of aromatic nitrogens is 3. The second-order valence-electron chi connectivity index (χ2n) is 5.46. The highest BCUT2D eigenvalue weighted by molar-refractivity contribution is 5.94. The third kappa shape index (κ3) is 2.18. The predicted octanol–water partition coefficient (Wildman–Crippen LogP) is 2.60. The largest absolute Gasteiger partial charge is 0.340 e. The van der Waals surface area contributed by atoms with Crippen LogP contribution in [0.3, 0.4) is 0 Å². The molecule has 0 saturated heterocycles. The summed E-state index contributed by atoms with van der Waals surface area (Å²) in [5.74, 6) is 0.854. The number of fused-ring (bicyclic) bond motifs is 2. The first-order chi connectivity index (χ1) is 10.7. The Balaban J connectivity index is 1.64. The van der Waals surface area contributed by atoms with Gasteiger partial charge in [0.1, 0.15) is 11.3 Å². The number of pyridine rings is 1. The van der Waals surface area contributed by atoms with Crippen LogP contribution in [0.4, 0.5) is 17.2 Å². The molecule has 2 N–H and O–H groups in total. The number of anilines is 3. The van der Waals surface area contributed by atoms with Crippen LogP contribution in [-0.4, -0.2) is 20.4 Å². The average molecular weight is 293 g/mol. The molecule has 0 fully saturated rings. The van der Waals surface area contributed by atoms with Crippen molar-refractivity contribution in [1.82, 2.24) is 14.5 Å². The van der Waals surface area contributed by atoms with Crippen molar-refractivity contribution in [2.75, 3.05) is 10.6 Å². The van der Waals surface area contributed by atoms with Gasteiger partial charge in [-0.2, -0.15) is 0 Å². The molecule has 4 rings (SSSR count). The molecular weight excluding hydrogens is 278 g/mol. The molecule has 0 aliphatic carbocycles. The molecule has 2 aromatic heterocycles. The number of rotatable bonds is 2. The van der Waals surface area contributed by atoms with Gasteiger partial charge in [-0.3, -0.25) is 4.79 Å². The Morgan fingerprint density at radius 1 is 1.23 bits per heavy atom. The van der Waals surface area contributed by atoms with E-state index < -0.39 is 0 Å². The molecule has 6 nitrogen and oxygen atoms in total. The minimum atomic E-state index is 0.0801. The fourth-order valence-electron chi connectivity index (χ4n) is 2.71. The maximum Gasteiger partial charge on any atom is 0.224 e. The first-order valence-electron chi connectivity index (χ1n) is 7.16. The number of hydrogen-bond donors (Lipinski definition) is 2. The van der Waals surface area contributed by atoms with E-state index in [1.165, 1.54) is 0 Å². The maximum absolute atomic E-state index is 11.4. The van der Waals surface area contributed by atoms with Gasteiger partial charge in [-0.25, -0.2) is 9.97 Å². The zero-order valence-electron chi connectivity index (χ0n) is 12.1. The predicted molar refractivity (Wildman–Crippen MR) is 85.2 cm³/mol. The van der Waals surface area contributed by atoms with Gasteiger partial charge < -0.3 is 15.2 Å². The number of benzene rings is 1. The van der Waals surface area contributed by atoms with Gasteiger partial charge >= 0.3 is 0 Å². The molecule has 0 spiro atoms. The summed E-state index contributed by atoms with van der Waals surface area (Å²) in [6.45, 7) is 0. The molecule has 1 aliphatic rings. The van der Waals surface area contributed by atoms with E-state index in [0.29, 0.717) is 6.42 Å². The lowest BCUT2D eigenvalue weighted by Crippen LogP contribution is -2.18. The van der Waals surface area contributed by atoms with Gasteiger partial charge in [0.25, 0.3) is 0 Å². The first kappa shape index (κ1) is 12.8. The van der Waals surface area contributed by atoms with Gasteiger partial charge in [-0.1, -0.05) is 0 Å². The summed E-state index contributed by atoms with van der Waals surface area (Å²) in [7, 11) is 1.96. The smallest absolute Gasteiger partial charge is 0.224 e. The number of nitrogens with one attached hydrogen (secondary N) is 2. The van der Waals surface area contributed by atoms with Crippen molar-refractivity contribution in [2.24, 2.45) is 7.05 Å². The van der Waals surface area contributed by atoms with Crippen molar-refractivity contribution in [3.05, 3.63) is 42.4 Å². The van der Waals surface area contributed by atoms with Gasteiger partial charge in [-0.05, 0) is 30.2 Å². The van der Waals surface area contributed by atoms with Crippen LogP contribution < -0.4 is 10.6 Å². The number of aryl methyl sites for hydroxylation is 2. The lowest BCUT2D eigenvalue weighted by molar-refractivity contribution is -0.116. The zero-order valence-corrected chi connectivity index (χ0v) is 12.1. The molecule has 110 valence electrons. The van der Waals surface area contributed by atoms with Crippen molar-refractivity contribution < 1.29 is 4.79 Å². The van der Waals surface area contributed by atoms with E-state index in [0.717, 1.165) is 40.2 Å². The molecule has 0 unspecified atom stereocenters. The maximum atomic E-state index is 11.4. The van der Waals surface area contributed by atoms with Crippen molar-refractivity contribution in [3.8, 4) is 0 Å². The minimum absolute atomic E-state index is 0.0801. The SMILES string of the molecule is Cn1cnc2cnc(Nc3ccc4c(c3)CCC(=O)N4)cc21. The molecule has 0 radical (unpaired) electrons. The Kier molecular flexibility index (Phi) is 2.82. The van der Waals surface area contributed by atoms with Crippen LogP contribution in [0, 0.1) is 0 Å². The summed E-state index contributed by atoms with van der Waals surface area (Å²) in [6.07, 6.45) is 4.84. The van der Waals surface area contributed by atoms with Crippen molar-refractivity contribution in [3.63, 3.8) is 0 Å². The third-order valence-electron chi connectivity index (χ3n) is 3.88. The Morgan fingerprint density at radius 2 is 2.14 bits per heavy atom. The Hall–Kier alpha value is -2.89. The van der Waals surface area contributed by atoms with Crippen LogP contribution in [0.2, 0.25) is 0 Å². The minimum Gasteiger partial charge on any atom is -0.340 e. The van der Waals surface area contributed by atoms with E-state index in [-0.39, 0.29) is 5.91 Å². The summed E-state index contributed by atoms with van der Waals surface area (Å²) in [5.41, 5.74) is 4.91. The fourth-order valence-corrected chi connectivity index (χ4v) is 2.71. The van der Waals surface area contributed by atoms with Crippen LogP contribution in [0.15, 0.2) is 36.8 Å². The lowest BCUT2D eigenvalue weighted by atomic mass is 10.0. The van der Waals surface area contributed by atoms with Crippen LogP contribution in [0.5, 0.6) is 0 Å². The van der Waals surface area contributed by atoms with E-state index in [1.54, 1.807) is 12.5 Å². The second-order valence-corrected chi connectivity index (χ2v) is 5.46. The van der Waals surface area contributed by atoms with Crippen LogP contribution in [0.25, 0.3) is 11.0 Å². The van der Waals surface area contributed by atoms with E-state index in [1.807, 2.05) is 29.8 Å². The molecule has 0 atom stereocenters. The number of imidazole rings is 1. The Labute approximate surface area is 127 Å². The highest BCUT2D eigenvalue weighted by atomic mass is 16.1. The highest BCUT2D eigenvalue weighted by Crippen LogP contribution is 2.27. The van der Waals surface area contributed by atoms with Crippen molar-refractivity contribution >= 4 is 34.1 Å². The molecule has 3 heterocycles. The summed E-state index contributed by atoms with van der Waals surface area (Å²) in [5, 5.41) is 6.19. The molecule has 1 aromatic carbocycles. The summed E-state index contributed by atoms with van der Waals surface area (Å²) in [6, 6.07) is 7.91. The first-order valence-corrected chi connectivity index (χ1v) is 7.16. The number of carbonyl (C=O) groups is 1. The monoisotopic (exact) mass is 293 g/mol. The molecule has 0 bridgehead atoms. The molecule has 22 heavy (non-hydrogen) atoms. The summed E-state index contributed by atoms with van der Waals surface area (Å²) >= 11 is 0. The quantitative estimate of drug-likeness (QED) is 0.762. The number of hydrogen-bond acceptors (Lipinski definition) is 4. The van der Waals surface area contributed by atoms with E-state index >= 15 is 0 Å². The van der Waals surface area contributed by atoms with Gasteiger partial charge in [0, 0.05) is 30.9 Å². The lowest BCUT2D eigenvalue weighted by Gasteiger charge is -2.18. The summed E-state index contributed by atoms with van der Waals surface area (Å²) < 4.78 is 1.96. The van der Waals surface area contributed by atoms with Gasteiger partial charge in [0.15, 0.2) is 0 Å². The van der Waals surface area contributed by atoms with Crippen molar-refractivity contribution in [2.45, 2.75) is 12.8 Å². The number of carbonyl (C=O) groups excluding carboxylic acids is 1. The standard InChI is InChI=1S/C16H15N5O/c1-21-9-18-13-8-17-15(7-14(13)21)19-11-3-4-12-10(6-11)2-5-16(22)20-12/h3-4,6-9H,2,5H2,1H3,(H,17,19)(H,20,22). The molecule has 6 heteroatoms. The fraction of sp³-hybridized carbons (Fsp3) is 0.188. The van der Waals surface area contributed by atoms with Crippen LogP contribution in [-0.2, 0) is 18.3 Å². The van der Waals surface area contributed by atoms with Gasteiger partial charge in [-0.15, -0.1) is 0 Å². The number of amides is 1. The van der Waals surface area contributed by atoms with Gasteiger partial charge in [0.2, 0.25) is 5.91 Å². The van der Waals surface area contributed by atoms with E-state index in [2.05, 4.69) is 26.7 Å². The third-order valence-corrected chi connectivity index (χ3v) is 3.88. The molecule has 0 saturated carbocycles. The average Bonchev–Trinajstić information content (AvgIpc) is 2.89. The normalized spacial score (nSPS) is 13.8. The Morgan fingerprint density at radius 3 is 3.05 bits per heavy atom. The number of nitrogens with zero attached hydrogens (tertiary/aromatic N) is 3. The van der Waals surface area contributed by atoms with Gasteiger partial charge in [0.05, 0.1) is 18.0 Å². The molecule has 1 amide bonds. The van der Waals surface area contributed by atoms with Crippen molar-refractivity contribution in [1.29, 1.82) is 0 Å². The molecular formula is C16H15N5O. The van der Waals surface area contributed by atoms with E-state index in [4.69, 9.17) is 0 Å². The zero-order chi connectivity index (χ0) is 15.1. The highest BCUT2D eigenvalue weighted by Gasteiger charge is 2.14. The Bertz CT molecular complexity index is 883. The topological polar surface area (TPSA) is 71.8 Å².